The van der Waals surface area contributed by atoms with Gasteiger partial charge in [-0.15, -0.1) is 0 Å². The van der Waals surface area contributed by atoms with Gasteiger partial charge in [0.2, 0.25) is 0 Å². The molecule has 0 saturated heterocycles. The Morgan fingerprint density at radius 1 is 1.03 bits per heavy atom. The molecule has 180 valence electrons. The highest BCUT2D eigenvalue weighted by Crippen LogP contribution is 2.74. The number of carbonyl (C=O) groups is 2. The van der Waals surface area contributed by atoms with Crippen molar-refractivity contribution in [3.05, 3.63) is 60.2 Å². The topological polar surface area (TPSA) is 96.6 Å². The third kappa shape index (κ3) is 4.37. The number of para-hydroxylation sites is 1. The van der Waals surface area contributed by atoms with Crippen molar-refractivity contribution in [1.82, 2.24) is 0 Å². The summed E-state index contributed by atoms with van der Waals surface area (Å²) in [6, 6.07) is 18.3. The molecule has 6 heteroatoms. The minimum Gasteiger partial charge on any atom is -0.481 e. The minimum absolute atomic E-state index is 0.504. The van der Waals surface area contributed by atoms with Crippen molar-refractivity contribution in [3.63, 3.8) is 0 Å². The van der Waals surface area contributed by atoms with Crippen molar-refractivity contribution in [2.24, 2.45) is 16.7 Å². The lowest BCUT2D eigenvalue weighted by atomic mass is 9.78. The van der Waals surface area contributed by atoms with E-state index in [0.717, 1.165) is 25.7 Å². The third-order valence-corrected chi connectivity index (χ3v) is 7.59. The van der Waals surface area contributed by atoms with Crippen LogP contribution in [0.15, 0.2) is 54.6 Å². The molecule has 0 heterocycles. The van der Waals surface area contributed by atoms with Gasteiger partial charge in [0, 0.05) is 11.8 Å². The fraction of sp³-hybridized carbons (Fsp3) is 0.414. The van der Waals surface area contributed by atoms with Crippen molar-refractivity contribution in [2.75, 3.05) is 0 Å². The first kappa shape index (κ1) is 24.4. The summed E-state index contributed by atoms with van der Waals surface area (Å²) < 4.78 is 11.5. The number of carboxylic acids is 1. The van der Waals surface area contributed by atoms with Crippen LogP contribution in [0.5, 0.6) is 11.5 Å². The summed E-state index contributed by atoms with van der Waals surface area (Å²) in [6.45, 7) is 5.45. The third-order valence-electron chi connectivity index (χ3n) is 7.59. The van der Waals surface area contributed by atoms with Crippen LogP contribution >= 0.6 is 0 Å². The molecule has 0 aromatic heterocycles. The van der Waals surface area contributed by atoms with Gasteiger partial charge in [-0.25, -0.2) is 4.79 Å². The van der Waals surface area contributed by atoms with Crippen LogP contribution in [0.3, 0.4) is 0 Å². The Morgan fingerprint density at radius 2 is 1.69 bits per heavy atom. The molecule has 0 bridgehead atoms. The second-order valence-electron chi connectivity index (χ2n) is 10.2. The van der Waals surface area contributed by atoms with Crippen molar-refractivity contribution in [2.45, 2.75) is 58.0 Å². The average molecular weight is 472 g/mol. The standard InChI is InChI=1S/C29H29NO5/c1-27(2)24(14-15-25(31)35-28(3)16-7-8-17-28)29(27,26(32)33)23(19-30)20-10-9-13-22(18-20)34-21-11-5-4-6-12-21/h4-6,9-13,18,23-24H,7-8,16-17H2,1-3H3,(H,32,33)/t23?,24-,29+/m0/s1. The largest absolute Gasteiger partial charge is 0.481 e. The van der Waals surface area contributed by atoms with Gasteiger partial charge >= 0.3 is 11.9 Å². The van der Waals surface area contributed by atoms with Gasteiger partial charge in [0.05, 0.1) is 12.0 Å². The molecule has 6 nitrogen and oxygen atoms in total. The Bertz CT molecular complexity index is 1230. The summed E-state index contributed by atoms with van der Waals surface area (Å²) in [5.74, 6) is 3.08. The summed E-state index contributed by atoms with van der Waals surface area (Å²) in [5, 5.41) is 20.5. The molecule has 2 saturated carbocycles. The van der Waals surface area contributed by atoms with E-state index in [4.69, 9.17) is 9.47 Å². The first-order valence-corrected chi connectivity index (χ1v) is 11.8. The first-order valence-electron chi connectivity index (χ1n) is 11.8. The van der Waals surface area contributed by atoms with Crippen molar-refractivity contribution < 1.29 is 24.2 Å². The molecule has 3 atom stereocenters. The van der Waals surface area contributed by atoms with Gasteiger partial charge in [0.15, 0.2) is 0 Å². The Hall–Kier alpha value is -3.77. The summed E-state index contributed by atoms with van der Waals surface area (Å²) >= 11 is 0. The van der Waals surface area contributed by atoms with Gasteiger partial charge in [-0.05, 0) is 67.9 Å². The van der Waals surface area contributed by atoms with E-state index in [1.165, 1.54) is 0 Å². The van der Waals surface area contributed by atoms with Gasteiger partial charge in [-0.2, -0.15) is 5.26 Å². The molecule has 2 aromatic carbocycles. The Kier molecular flexibility index (Phi) is 6.34. The maximum atomic E-state index is 12.7. The van der Waals surface area contributed by atoms with E-state index in [1.807, 2.05) is 37.3 Å². The highest BCUT2D eigenvalue weighted by Gasteiger charge is 2.79. The molecular formula is C29H29NO5. The summed E-state index contributed by atoms with van der Waals surface area (Å²) in [6.07, 6.45) is 3.61. The first-order chi connectivity index (χ1) is 16.6. The van der Waals surface area contributed by atoms with E-state index < -0.39 is 40.2 Å². The van der Waals surface area contributed by atoms with Gasteiger partial charge in [-0.3, -0.25) is 4.79 Å². The number of nitriles is 1. The number of nitrogens with zero attached hydrogens (tertiary/aromatic N) is 1. The van der Waals surface area contributed by atoms with Crippen LogP contribution in [0.25, 0.3) is 0 Å². The average Bonchev–Trinajstić information content (AvgIpc) is 3.06. The molecule has 1 unspecified atom stereocenters. The molecule has 4 rings (SSSR count). The highest BCUT2D eigenvalue weighted by atomic mass is 16.6. The maximum Gasteiger partial charge on any atom is 0.384 e. The molecule has 0 aliphatic heterocycles. The van der Waals surface area contributed by atoms with Crippen molar-refractivity contribution in [3.8, 4) is 29.4 Å². The predicted molar refractivity (Wildman–Crippen MR) is 129 cm³/mol. The van der Waals surface area contributed by atoms with Crippen molar-refractivity contribution in [1.29, 1.82) is 5.26 Å². The predicted octanol–water partition coefficient (Wildman–Crippen LogP) is 5.69. The van der Waals surface area contributed by atoms with Crippen molar-refractivity contribution >= 4 is 11.9 Å². The van der Waals surface area contributed by atoms with Crippen LogP contribution in [0.2, 0.25) is 0 Å². The van der Waals surface area contributed by atoms with E-state index in [-0.39, 0.29) is 0 Å². The number of carboxylic acid groups (broad SMARTS) is 1. The van der Waals surface area contributed by atoms with Gasteiger partial charge in [0.1, 0.15) is 22.5 Å². The number of esters is 1. The van der Waals surface area contributed by atoms with E-state index in [1.54, 1.807) is 38.1 Å². The van der Waals surface area contributed by atoms with Crippen LogP contribution in [0.4, 0.5) is 0 Å². The number of ether oxygens (including phenoxy) is 2. The van der Waals surface area contributed by atoms with Gasteiger partial charge in [0.25, 0.3) is 0 Å². The minimum atomic E-state index is -1.47. The number of aliphatic carboxylic acids is 1. The molecular weight excluding hydrogens is 442 g/mol. The Labute approximate surface area is 205 Å². The smallest absolute Gasteiger partial charge is 0.384 e. The van der Waals surface area contributed by atoms with Gasteiger partial charge < -0.3 is 14.6 Å². The number of hydrogen-bond acceptors (Lipinski definition) is 5. The summed E-state index contributed by atoms with van der Waals surface area (Å²) in [5.41, 5.74) is -2.29. The molecule has 0 amide bonds. The Morgan fingerprint density at radius 3 is 2.31 bits per heavy atom. The number of rotatable bonds is 6. The zero-order valence-electron chi connectivity index (χ0n) is 20.2. The normalized spacial score (nSPS) is 24.2. The highest BCUT2D eigenvalue weighted by molar-refractivity contribution is 5.90. The summed E-state index contributed by atoms with van der Waals surface area (Å²) in [7, 11) is 0. The second kappa shape index (κ2) is 9.12. The lowest BCUT2D eigenvalue weighted by molar-refractivity contribution is -0.150. The maximum absolute atomic E-state index is 12.7. The molecule has 0 radical (unpaired) electrons. The summed E-state index contributed by atoms with van der Waals surface area (Å²) in [4.78, 5) is 25.1. The molecule has 2 aromatic rings. The lowest BCUT2D eigenvalue weighted by Gasteiger charge is -2.22. The molecule has 2 fully saturated rings. The fourth-order valence-corrected chi connectivity index (χ4v) is 5.58. The molecule has 1 N–H and O–H groups in total. The number of benzene rings is 2. The van der Waals surface area contributed by atoms with E-state index in [0.29, 0.717) is 17.1 Å². The monoisotopic (exact) mass is 471 g/mol. The van der Waals surface area contributed by atoms with E-state index in [2.05, 4.69) is 17.9 Å². The van der Waals surface area contributed by atoms with Crippen LogP contribution in [0, 0.1) is 39.9 Å². The molecule has 35 heavy (non-hydrogen) atoms. The van der Waals surface area contributed by atoms with Crippen LogP contribution in [-0.2, 0) is 14.3 Å². The lowest BCUT2D eigenvalue weighted by Crippen LogP contribution is -2.29. The van der Waals surface area contributed by atoms with Crippen LogP contribution in [-0.4, -0.2) is 22.6 Å². The molecule has 2 aliphatic rings. The van der Waals surface area contributed by atoms with Gasteiger partial charge in [-0.1, -0.05) is 50.1 Å². The number of carbonyl (C=O) groups excluding carboxylic acids is 1. The van der Waals surface area contributed by atoms with E-state index >= 15 is 0 Å². The van der Waals surface area contributed by atoms with Crippen LogP contribution < -0.4 is 4.74 Å². The molecule has 2 aliphatic carbocycles. The second-order valence-corrected chi connectivity index (χ2v) is 10.2. The van der Waals surface area contributed by atoms with E-state index in [9.17, 15) is 20.0 Å². The fourth-order valence-electron chi connectivity index (χ4n) is 5.58. The quantitative estimate of drug-likeness (QED) is 0.330. The SMILES string of the molecule is CC1(OC(=O)C#C[C@H]2C(C)(C)[C@]2(C(=O)O)C(C#N)c2cccc(Oc3ccccc3)c2)CCCC1. The van der Waals surface area contributed by atoms with Crippen LogP contribution in [0.1, 0.15) is 57.9 Å². The zero-order chi connectivity index (χ0) is 25.3. The Balaban J connectivity index is 1.61. The number of hydrogen-bond donors (Lipinski definition) is 1. The zero-order valence-corrected chi connectivity index (χ0v) is 20.2. The molecule has 0 spiro atoms.